The van der Waals surface area contributed by atoms with Crippen LogP contribution in [0.15, 0.2) is 35.7 Å². The average molecular weight is 397 g/mol. The molecule has 142 valence electrons. The van der Waals surface area contributed by atoms with Gasteiger partial charge in [0.05, 0.1) is 19.1 Å². The van der Waals surface area contributed by atoms with Gasteiger partial charge in [-0.3, -0.25) is 4.79 Å². The summed E-state index contributed by atoms with van der Waals surface area (Å²) in [6, 6.07) is 10.1. The Morgan fingerprint density at radius 3 is 2.58 bits per heavy atom. The number of benzene rings is 1. The van der Waals surface area contributed by atoms with Gasteiger partial charge in [0.2, 0.25) is 5.91 Å². The molecule has 1 fully saturated rings. The SMILES string of the molecule is COc1ccc(-c2csc(CNC(=O)C3(CN)CCOCC3)c2)cc1.Cl. The first-order valence-corrected chi connectivity index (χ1v) is 9.33. The highest BCUT2D eigenvalue weighted by molar-refractivity contribution is 7.10. The van der Waals surface area contributed by atoms with Gasteiger partial charge < -0.3 is 20.5 Å². The molecule has 0 atom stereocenters. The van der Waals surface area contributed by atoms with E-state index in [1.54, 1.807) is 18.4 Å². The van der Waals surface area contributed by atoms with E-state index in [1.807, 2.05) is 24.3 Å². The van der Waals surface area contributed by atoms with Crippen molar-refractivity contribution in [3.63, 3.8) is 0 Å². The summed E-state index contributed by atoms with van der Waals surface area (Å²) in [6.07, 6.45) is 1.38. The number of nitrogens with one attached hydrogen (secondary N) is 1. The van der Waals surface area contributed by atoms with E-state index in [4.69, 9.17) is 15.2 Å². The van der Waals surface area contributed by atoms with Crippen LogP contribution >= 0.6 is 23.7 Å². The topological polar surface area (TPSA) is 73.6 Å². The zero-order valence-electron chi connectivity index (χ0n) is 14.8. The molecule has 2 heterocycles. The van der Waals surface area contributed by atoms with Crippen molar-refractivity contribution in [1.82, 2.24) is 5.32 Å². The zero-order valence-corrected chi connectivity index (χ0v) is 16.5. The number of methoxy groups -OCH3 is 1. The highest BCUT2D eigenvalue weighted by Crippen LogP contribution is 2.30. The smallest absolute Gasteiger partial charge is 0.227 e. The van der Waals surface area contributed by atoms with Crippen LogP contribution in [-0.2, 0) is 16.1 Å². The van der Waals surface area contributed by atoms with Crippen LogP contribution in [0.3, 0.4) is 0 Å². The predicted octanol–water partition coefficient (Wildman–Crippen LogP) is 3.22. The fourth-order valence-corrected chi connectivity index (χ4v) is 3.88. The molecule has 0 aliphatic carbocycles. The summed E-state index contributed by atoms with van der Waals surface area (Å²) < 4.78 is 10.6. The Balaban J connectivity index is 0.00000243. The number of hydrogen-bond acceptors (Lipinski definition) is 5. The van der Waals surface area contributed by atoms with Crippen LogP contribution in [-0.4, -0.2) is 32.8 Å². The normalized spacial score (nSPS) is 15.8. The lowest BCUT2D eigenvalue weighted by atomic mass is 9.79. The number of rotatable bonds is 6. The molecular formula is C19H25ClN2O3S. The molecule has 0 saturated carbocycles. The second-order valence-corrected chi connectivity index (χ2v) is 7.31. The Morgan fingerprint density at radius 2 is 1.96 bits per heavy atom. The Morgan fingerprint density at radius 1 is 1.27 bits per heavy atom. The molecule has 1 aliphatic heterocycles. The summed E-state index contributed by atoms with van der Waals surface area (Å²) in [6.45, 7) is 2.10. The van der Waals surface area contributed by atoms with Crippen LogP contribution in [0.25, 0.3) is 11.1 Å². The fourth-order valence-electron chi connectivity index (χ4n) is 3.05. The van der Waals surface area contributed by atoms with Crippen molar-refractivity contribution in [1.29, 1.82) is 0 Å². The van der Waals surface area contributed by atoms with Crippen LogP contribution in [0.1, 0.15) is 17.7 Å². The Hall–Kier alpha value is -1.60. The van der Waals surface area contributed by atoms with Gasteiger partial charge in [-0.15, -0.1) is 23.7 Å². The van der Waals surface area contributed by atoms with E-state index in [0.29, 0.717) is 39.1 Å². The van der Waals surface area contributed by atoms with E-state index in [0.717, 1.165) is 21.8 Å². The van der Waals surface area contributed by atoms with Crippen LogP contribution in [0.5, 0.6) is 5.75 Å². The summed E-state index contributed by atoms with van der Waals surface area (Å²) in [5.74, 6) is 0.882. The van der Waals surface area contributed by atoms with Gasteiger partial charge in [0, 0.05) is 24.6 Å². The Kier molecular flexibility index (Phi) is 7.46. The summed E-state index contributed by atoms with van der Waals surface area (Å²) in [5, 5.41) is 5.17. The van der Waals surface area contributed by atoms with Gasteiger partial charge >= 0.3 is 0 Å². The first kappa shape index (κ1) is 20.7. The second-order valence-electron chi connectivity index (χ2n) is 6.31. The lowest BCUT2D eigenvalue weighted by Gasteiger charge is -2.34. The molecule has 3 N–H and O–H groups in total. The molecule has 0 bridgehead atoms. The molecule has 0 radical (unpaired) electrons. The second kappa shape index (κ2) is 9.37. The maximum atomic E-state index is 12.6. The van der Waals surface area contributed by atoms with E-state index in [1.165, 1.54) is 0 Å². The van der Waals surface area contributed by atoms with Gasteiger partial charge in [-0.2, -0.15) is 0 Å². The molecule has 0 spiro atoms. The largest absolute Gasteiger partial charge is 0.497 e. The summed E-state index contributed by atoms with van der Waals surface area (Å²) in [4.78, 5) is 13.7. The van der Waals surface area contributed by atoms with Crippen molar-refractivity contribution in [3.8, 4) is 16.9 Å². The summed E-state index contributed by atoms with van der Waals surface area (Å²) in [7, 11) is 1.66. The van der Waals surface area contributed by atoms with Crippen molar-refractivity contribution < 1.29 is 14.3 Å². The summed E-state index contributed by atoms with van der Waals surface area (Å²) >= 11 is 1.65. The molecule has 26 heavy (non-hydrogen) atoms. The van der Waals surface area contributed by atoms with Gasteiger partial charge in [0.1, 0.15) is 5.75 Å². The van der Waals surface area contributed by atoms with Crippen LogP contribution in [0.2, 0.25) is 0 Å². The number of ether oxygens (including phenoxy) is 2. The number of nitrogens with two attached hydrogens (primary N) is 1. The van der Waals surface area contributed by atoms with Gasteiger partial charge in [-0.05, 0) is 47.5 Å². The molecule has 5 nitrogen and oxygen atoms in total. The molecule has 2 aromatic rings. The molecule has 1 amide bonds. The predicted molar refractivity (Wildman–Crippen MR) is 107 cm³/mol. The third-order valence-electron chi connectivity index (χ3n) is 4.82. The maximum absolute atomic E-state index is 12.6. The monoisotopic (exact) mass is 396 g/mol. The molecule has 1 aromatic heterocycles. The van der Waals surface area contributed by atoms with Crippen molar-refractivity contribution >= 4 is 29.7 Å². The lowest BCUT2D eigenvalue weighted by Crippen LogP contribution is -2.48. The number of halogens is 1. The standard InChI is InChI=1S/C19H24N2O3S.ClH/c1-23-16-4-2-14(3-5-16)15-10-17(25-12-15)11-21-18(22)19(13-20)6-8-24-9-7-19;/h2-5,10,12H,6-9,11,13,20H2,1H3,(H,21,22);1H. The van der Waals surface area contributed by atoms with Crippen molar-refractivity contribution in [2.24, 2.45) is 11.1 Å². The minimum absolute atomic E-state index is 0. The third-order valence-corrected chi connectivity index (χ3v) is 5.76. The molecule has 1 saturated heterocycles. The highest BCUT2D eigenvalue weighted by atomic mass is 35.5. The van der Waals surface area contributed by atoms with E-state index >= 15 is 0 Å². The van der Waals surface area contributed by atoms with Crippen molar-refractivity contribution in [2.75, 3.05) is 26.9 Å². The number of amides is 1. The van der Waals surface area contributed by atoms with Crippen molar-refractivity contribution in [3.05, 3.63) is 40.6 Å². The van der Waals surface area contributed by atoms with E-state index in [2.05, 4.69) is 16.8 Å². The number of carbonyl (C=O) groups excluding carboxylic acids is 1. The number of hydrogen-bond donors (Lipinski definition) is 2. The highest BCUT2D eigenvalue weighted by Gasteiger charge is 2.38. The van der Waals surface area contributed by atoms with Crippen molar-refractivity contribution in [2.45, 2.75) is 19.4 Å². The van der Waals surface area contributed by atoms with E-state index in [9.17, 15) is 4.79 Å². The average Bonchev–Trinajstić information content (AvgIpc) is 3.15. The van der Waals surface area contributed by atoms with Crippen LogP contribution in [0.4, 0.5) is 0 Å². The molecule has 1 aromatic carbocycles. The summed E-state index contributed by atoms with van der Waals surface area (Å²) in [5.41, 5.74) is 7.70. The van der Waals surface area contributed by atoms with Crippen LogP contribution < -0.4 is 15.8 Å². The minimum Gasteiger partial charge on any atom is -0.497 e. The van der Waals surface area contributed by atoms with Gasteiger partial charge in [0.25, 0.3) is 0 Å². The molecular weight excluding hydrogens is 372 g/mol. The first-order chi connectivity index (χ1) is 12.2. The van der Waals surface area contributed by atoms with E-state index in [-0.39, 0.29) is 18.3 Å². The molecule has 0 unspecified atom stereocenters. The Bertz CT molecular complexity index is 712. The molecule has 3 rings (SSSR count). The quantitative estimate of drug-likeness (QED) is 0.786. The fraction of sp³-hybridized carbons (Fsp3) is 0.421. The van der Waals surface area contributed by atoms with Gasteiger partial charge in [-0.1, -0.05) is 12.1 Å². The van der Waals surface area contributed by atoms with Crippen LogP contribution in [0, 0.1) is 5.41 Å². The number of carbonyl (C=O) groups is 1. The van der Waals surface area contributed by atoms with Gasteiger partial charge in [-0.25, -0.2) is 0 Å². The maximum Gasteiger partial charge on any atom is 0.227 e. The number of thiophene rings is 1. The third kappa shape index (κ3) is 4.57. The molecule has 7 heteroatoms. The first-order valence-electron chi connectivity index (χ1n) is 8.45. The van der Waals surface area contributed by atoms with Gasteiger partial charge in [0.15, 0.2) is 0 Å². The zero-order chi connectivity index (χ0) is 17.7. The molecule has 1 aliphatic rings. The Labute approximate surface area is 164 Å². The van der Waals surface area contributed by atoms with E-state index < -0.39 is 5.41 Å². The minimum atomic E-state index is -0.478. The lowest BCUT2D eigenvalue weighted by molar-refractivity contribution is -0.136.